The fourth-order valence-electron chi connectivity index (χ4n) is 1.74. The standard InChI is InChI=1S/C15H14Cl2N2O/c16-13-7-6-12(9-14(13)17)19-15(20)8-3-10-1-4-11(18)5-2-10/h1-2,4-7,9H,3,8,18H2,(H,19,20). The zero-order chi connectivity index (χ0) is 14.5. The Bertz CT molecular complexity index is 612. The van der Waals surface area contributed by atoms with Crippen LogP contribution in [0, 0.1) is 0 Å². The van der Waals surface area contributed by atoms with Crippen molar-refractivity contribution in [2.24, 2.45) is 0 Å². The summed E-state index contributed by atoms with van der Waals surface area (Å²) < 4.78 is 0. The minimum atomic E-state index is -0.0692. The number of halogens is 2. The van der Waals surface area contributed by atoms with Crippen LogP contribution < -0.4 is 11.1 Å². The number of nitrogens with one attached hydrogen (secondary N) is 1. The molecule has 1 amide bonds. The molecule has 0 fully saturated rings. The van der Waals surface area contributed by atoms with E-state index in [-0.39, 0.29) is 5.91 Å². The van der Waals surface area contributed by atoms with Crippen molar-refractivity contribution in [2.75, 3.05) is 11.1 Å². The highest BCUT2D eigenvalue weighted by atomic mass is 35.5. The molecule has 3 N–H and O–H groups in total. The highest BCUT2D eigenvalue weighted by Gasteiger charge is 2.05. The Labute approximate surface area is 127 Å². The smallest absolute Gasteiger partial charge is 0.224 e. The van der Waals surface area contributed by atoms with Crippen LogP contribution in [0.5, 0.6) is 0 Å². The lowest BCUT2D eigenvalue weighted by molar-refractivity contribution is -0.116. The SMILES string of the molecule is Nc1ccc(CCC(=O)Nc2ccc(Cl)c(Cl)c2)cc1. The summed E-state index contributed by atoms with van der Waals surface area (Å²) in [5, 5.41) is 3.67. The Kier molecular flexibility index (Phi) is 4.88. The number of carbonyl (C=O) groups excluding carboxylic acids is 1. The van der Waals surface area contributed by atoms with Crippen LogP contribution in [-0.4, -0.2) is 5.91 Å². The lowest BCUT2D eigenvalue weighted by Gasteiger charge is -2.06. The molecule has 0 aliphatic rings. The molecule has 2 aromatic rings. The molecule has 2 rings (SSSR count). The zero-order valence-corrected chi connectivity index (χ0v) is 12.2. The maximum atomic E-state index is 11.8. The predicted octanol–water partition coefficient (Wildman–Crippen LogP) is 4.15. The second kappa shape index (κ2) is 6.64. The van der Waals surface area contributed by atoms with E-state index < -0.39 is 0 Å². The van der Waals surface area contributed by atoms with Crippen LogP contribution in [0.4, 0.5) is 11.4 Å². The highest BCUT2D eigenvalue weighted by Crippen LogP contribution is 2.25. The van der Waals surface area contributed by atoms with Gasteiger partial charge in [-0.15, -0.1) is 0 Å². The molecule has 20 heavy (non-hydrogen) atoms. The second-order valence-electron chi connectivity index (χ2n) is 4.42. The van der Waals surface area contributed by atoms with Crippen LogP contribution in [0.2, 0.25) is 10.0 Å². The first-order valence-electron chi connectivity index (χ1n) is 6.14. The van der Waals surface area contributed by atoms with E-state index in [4.69, 9.17) is 28.9 Å². The Hall–Kier alpha value is -1.71. The first kappa shape index (κ1) is 14.7. The Morgan fingerprint density at radius 1 is 1.05 bits per heavy atom. The van der Waals surface area contributed by atoms with E-state index in [1.165, 1.54) is 0 Å². The molecular formula is C15H14Cl2N2O. The summed E-state index contributed by atoms with van der Waals surface area (Å²) in [6.07, 6.45) is 1.05. The molecule has 0 heterocycles. The lowest BCUT2D eigenvalue weighted by Crippen LogP contribution is -2.12. The van der Waals surface area contributed by atoms with E-state index in [2.05, 4.69) is 5.32 Å². The van der Waals surface area contributed by atoms with Crippen molar-refractivity contribution in [1.82, 2.24) is 0 Å². The van der Waals surface area contributed by atoms with E-state index in [0.717, 1.165) is 5.56 Å². The van der Waals surface area contributed by atoms with Gasteiger partial charge in [0.1, 0.15) is 0 Å². The molecule has 5 heteroatoms. The molecule has 0 aromatic heterocycles. The van der Waals surface area contributed by atoms with Crippen LogP contribution >= 0.6 is 23.2 Å². The largest absolute Gasteiger partial charge is 0.399 e. The Morgan fingerprint density at radius 2 is 1.75 bits per heavy atom. The van der Waals surface area contributed by atoms with Crippen LogP contribution in [0.25, 0.3) is 0 Å². The molecule has 0 atom stereocenters. The first-order chi connectivity index (χ1) is 9.54. The maximum absolute atomic E-state index is 11.8. The number of amides is 1. The fraction of sp³-hybridized carbons (Fsp3) is 0.133. The molecule has 0 bridgehead atoms. The van der Waals surface area contributed by atoms with Gasteiger partial charge in [0.05, 0.1) is 10.0 Å². The van der Waals surface area contributed by atoms with Gasteiger partial charge < -0.3 is 11.1 Å². The molecule has 0 saturated heterocycles. The van der Waals surface area contributed by atoms with Gasteiger partial charge in [0.15, 0.2) is 0 Å². The van der Waals surface area contributed by atoms with Crippen LogP contribution in [0.1, 0.15) is 12.0 Å². The monoisotopic (exact) mass is 308 g/mol. The average Bonchev–Trinajstić information content (AvgIpc) is 2.42. The number of nitrogen functional groups attached to an aromatic ring is 1. The number of hydrogen-bond donors (Lipinski definition) is 2. The summed E-state index contributed by atoms with van der Waals surface area (Å²) >= 11 is 11.7. The number of rotatable bonds is 4. The molecule has 2 aromatic carbocycles. The van der Waals surface area contributed by atoms with Crippen molar-refractivity contribution < 1.29 is 4.79 Å². The molecule has 104 valence electrons. The van der Waals surface area contributed by atoms with Crippen molar-refractivity contribution in [3.63, 3.8) is 0 Å². The average molecular weight is 309 g/mol. The molecule has 0 aliphatic carbocycles. The van der Waals surface area contributed by atoms with Crippen LogP contribution in [0.3, 0.4) is 0 Å². The van der Waals surface area contributed by atoms with E-state index in [0.29, 0.717) is 34.3 Å². The van der Waals surface area contributed by atoms with Gasteiger partial charge in [-0.2, -0.15) is 0 Å². The van der Waals surface area contributed by atoms with Crippen LogP contribution in [0.15, 0.2) is 42.5 Å². The number of hydrogen-bond acceptors (Lipinski definition) is 2. The third kappa shape index (κ3) is 4.15. The highest BCUT2D eigenvalue weighted by molar-refractivity contribution is 6.42. The minimum absolute atomic E-state index is 0.0692. The Morgan fingerprint density at radius 3 is 2.40 bits per heavy atom. The number of carbonyl (C=O) groups is 1. The summed E-state index contributed by atoms with van der Waals surface area (Å²) in [4.78, 5) is 11.8. The number of benzene rings is 2. The van der Waals surface area contributed by atoms with Gasteiger partial charge in [0, 0.05) is 17.8 Å². The van der Waals surface area contributed by atoms with E-state index in [1.807, 2.05) is 24.3 Å². The van der Waals surface area contributed by atoms with Crippen molar-refractivity contribution >= 4 is 40.5 Å². The predicted molar refractivity (Wildman–Crippen MR) is 84.3 cm³/mol. The summed E-state index contributed by atoms with van der Waals surface area (Å²) in [7, 11) is 0. The van der Waals surface area contributed by atoms with Gasteiger partial charge in [-0.05, 0) is 42.3 Å². The van der Waals surface area contributed by atoms with Crippen molar-refractivity contribution in [3.05, 3.63) is 58.1 Å². The van der Waals surface area contributed by atoms with E-state index >= 15 is 0 Å². The molecular weight excluding hydrogens is 295 g/mol. The maximum Gasteiger partial charge on any atom is 0.224 e. The molecule has 0 saturated carbocycles. The van der Waals surface area contributed by atoms with Gasteiger partial charge >= 0.3 is 0 Å². The van der Waals surface area contributed by atoms with Crippen molar-refractivity contribution in [3.8, 4) is 0 Å². The summed E-state index contributed by atoms with van der Waals surface area (Å²) in [5.41, 5.74) is 8.04. The van der Waals surface area contributed by atoms with Gasteiger partial charge in [-0.1, -0.05) is 35.3 Å². The second-order valence-corrected chi connectivity index (χ2v) is 5.23. The first-order valence-corrected chi connectivity index (χ1v) is 6.89. The summed E-state index contributed by atoms with van der Waals surface area (Å²) in [6.45, 7) is 0. The molecule has 3 nitrogen and oxygen atoms in total. The molecule has 0 aliphatic heterocycles. The third-order valence-electron chi connectivity index (χ3n) is 2.82. The number of anilines is 2. The van der Waals surface area contributed by atoms with Crippen molar-refractivity contribution in [1.29, 1.82) is 0 Å². The van der Waals surface area contributed by atoms with Gasteiger partial charge in [0.25, 0.3) is 0 Å². The summed E-state index contributed by atoms with van der Waals surface area (Å²) in [6, 6.07) is 12.5. The topological polar surface area (TPSA) is 55.1 Å². The Balaban J connectivity index is 1.89. The normalized spacial score (nSPS) is 10.3. The molecule has 0 radical (unpaired) electrons. The fourth-order valence-corrected chi connectivity index (χ4v) is 2.04. The van der Waals surface area contributed by atoms with Crippen LogP contribution in [-0.2, 0) is 11.2 Å². The van der Waals surface area contributed by atoms with Gasteiger partial charge in [-0.25, -0.2) is 0 Å². The molecule has 0 unspecified atom stereocenters. The quantitative estimate of drug-likeness (QED) is 0.834. The van der Waals surface area contributed by atoms with Gasteiger partial charge in [-0.3, -0.25) is 4.79 Å². The van der Waals surface area contributed by atoms with E-state index in [1.54, 1.807) is 18.2 Å². The number of aryl methyl sites for hydroxylation is 1. The summed E-state index contributed by atoms with van der Waals surface area (Å²) in [5.74, 6) is -0.0692. The number of nitrogens with two attached hydrogens (primary N) is 1. The van der Waals surface area contributed by atoms with E-state index in [9.17, 15) is 4.79 Å². The van der Waals surface area contributed by atoms with Crippen molar-refractivity contribution in [2.45, 2.75) is 12.8 Å². The minimum Gasteiger partial charge on any atom is -0.399 e. The molecule has 0 spiro atoms. The zero-order valence-electron chi connectivity index (χ0n) is 10.7. The lowest BCUT2D eigenvalue weighted by atomic mass is 10.1. The third-order valence-corrected chi connectivity index (χ3v) is 3.56. The van der Waals surface area contributed by atoms with Gasteiger partial charge in [0.2, 0.25) is 5.91 Å².